The van der Waals surface area contributed by atoms with Gasteiger partial charge in [0.05, 0.1) is 5.97 Å². The summed E-state index contributed by atoms with van der Waals surface area (Å²) >= 11 is 0. The summed E-state index contributed by atoms with van der Waals surface area (Å²) in [5, 5.41) is 11.1. The van der Waals surface area contributed by atoms with Gasteiger partial charge < -0.3 is 9.90 Å². The van der Waals surface area contributed by atoms with Crippen molar-refractivity contribution in [1.29, 1.82) is 0 Å². The number of carbonyl (C=O) groups excluding carboxylic acids is 1. The van der Waals surface area contributed by atoms with E-state index in [4.69, 9.17) is 0 Å². The summed E-state index contributed by atoms with van der Waals surface area (Å²) in [6.07, 6.45) is 29.4. The van der Waals surface area contributed by atoms with Crippen LogP contribution in [0.2, 0.25) is 0 Å². The molecule has 0 fully saturated rings. The quantitative estimate of drug-likeness (QED) is 0.134. The number of hydrogen-bond acceptors (Lipinski definition) is 3. The Kier molecular flexibility index (Phi) is 33.1. The predicted octanol–water partition coefficient (Wildman–Crippen LogP) is 4.66. The Labute approximate surface area is 244 Å². The Morgan fingerprint density at radius 2 is 0.750 bits per heavy atom. The van der Waals surface area contributed by atoms with Gasteiger partial charge in [-0.2, -0.15) is 0 Å². The number of aliphatic carboxylic acids is 1. The number of hydrogen-bond donors (Lipinski definition) is 0. The molecule has 0 bridgehead atoms. The maximum Gasteiger partial charge on any atom is 1.00 e. The number of rotatable bonds is 26. The van der Waals surface area contributed by atoms with Crippen LogP contribution < -0.4 is 56.5 Å². The van der Waals surface area contributed by atoms with Crippen molar-refractivity contribution in [3.63, 3.8) is 0 Å². The Balaban J connectivity index is 0. The summed E-state index contributed by atoms with van der Waals surface area (Å²) in [7, 11) is 0. The second-order valence-corrected chi connectivity index (χ2v) is 9.72. The maximum absolute atomic E-state index is 11.1. The molecule has 32 heavy (non-hydrogen) atoms. The molecule has 0 aromatic rings. The molecule has 3 nitrogen and oxygen atoms in total. The zero-order valence-corrected chi connectivity index (χ0v) is 25.6. The van der Waals surface area contributed by atoms with Crippen molar-refractivity contribution in [2.75, 3.05) is 19.6 Å². The van der Waals surface area contributed by atoms with Gasteiger partial charge in [-0.25, -0.2) is 0 Å². The molecule has 0 radical (unpaired) electrons. The molecular weight excluding hydrogens is 421 g/mol. The third-order valence-electron chi connectivity index (χ3n) is 6.51. The summed E-state index contributed by atoms with van der Waals surface area (Å²) in [5.74, 6) is -0.925. The fraction of sp³-hybridized carbons (Fsp3) is 0.964. The third-order valence-corrected chi connectivity index (χ3v) is 6.51. The van der Waals surface area contributed by atoms with Crippen LogP contribution in [0.3, 0.4) is 0 Å². The fourth-order valence-electron chi connectivity index (χ4n) is 4.45. The summed E-state index contributed by atoms with van der Waals surface area (Å²) < 4.78 is 0. The smallest absolute Gasteiger partial charge is 0.549 e. The monoisotopic (exact) mass is 477 g/mol. The van der Waals surface area contributed by atoms with E-state index >= 15 is 0 Å². The summed E-state index contributed by atoms with van der Waals surface area (Å²) in [6, 6.07) is 0. The van der Waals surface area contributed by atoms with E-state index in [0.717, 1.165) is 25.9 Å². The normalized spacial score (nSPS) is 11.1. The second kappa shape index (κ2) is 30.1. The van der Waals surface area contributed by atoms with Gasteiger partial charge in [-0.3, -0.25) is 4.90 Å². The van der Waals surface area contributed by atoms with Crippen LogP contribution in [-0.2, 0) is 4.79 Å². The fourth-order valence-corrected chi connectivity index (χ4v) is 4.45. The Morgan fingerprint density at radius 3 is 1.00 bits per heavy atom. The van der Waals surface area contributed by atoms with E-state index in [1.165, 1.54) is 128 Å². The molecule has 0 rings (SSSR count). The van der Waals surface area contributed by atoms with Crippen molar-refractivity contribution in [2.45, 2.75) is 155 Å². The topological polar surface area (TPSA) is 43.4 Å². The molecule has 0 atom stereocenters. The van der Waals surface area contributed by atoms with Gasteiger partial charge in [0.1, 0.15) is 0 Å². The van der Waals surface area contributed by atoms with Crippen molar-refractivity contribution in [3.8, 4) is 0 Å². The van der Waals surface area contributed by atoms with Gasteiger partial charge in [0, 0.05) is 6.54 Å². The minimum absolute atomic E-state index is 0. The molecule has 0 amide bonds. The molecule has 0 aromatic carbocycles. The molecule has 0 unspecified atom stereocenters. The van der Waals surface area contributed by atoms with Crippen LogP contribution in [0.5, 0.6) is 0 Å². The largest absolute Gasteiger partial charge is 1.00 e. The van der Waals surface area contributed by atoms with Crippen LogP contribution >= 0.6 is 0 Å². The number of carboxylic acids is 1. The molecule has 0 spiro atoms. The Morgan fingerprint density at radius 1 is 0.500 bits per heavy atom. The summed E-state index contributed by atoms with van der Waals surface area (Å²) in [4.78, 5) is 13.2. The van der Waals surface area contributed by atoms with E-state index in [1.807, 2.05) is 0 Å². The minimum atomic E-state index is -0.925. The second-order valence-electron chi connectivity index (χ2n) is 9.72. The predicted molar refractivity (Wildman–Crippen MR) is 134 cm³/mol. The molecule has 0 N–H and O–H groups in total. The Bertz CT molecular complexity index is 339. The Hall–Kier alpha value is 1.07. The van der Waals surface area contributed by atoms with Crippen LogP contribution in [-0.4, -0.2) is 30.5 Å². The van der Waals surface area contributed by atoms with Crippen LogP contribution in [0.1, 0.15) is 155 Å². The molecule has 0 aliphatic heterocycles. The first-order chi connectivity index (χ1) is 15.2. The van der Waals surface area contributed by atoms with E-state index in [9.17, 15) is 9.90 Å². The molecule has 0 heterocycles. The third kappa shape index (κ3) is 29.1. The first kappa shape index (κ1) is 35.2. The zero-order valence-electron chi connectivity index (χ0n) is 22.4. The van der Waals surface area contributed by atoms with E-state index in [0.29, 0.717) is 0 Å². The summed E-state index contributed by atoms with van der Waals surface area (Å²) in [6.45, 7) is 6.49. The van der Waals surface area contributed by atoms with Crippen LogP contribution in [0.25, 0.3) is 0 Å². The van der Waals surface area contributed by atoms with Crippen LogP contribution in [0, 0.1) is 0 Å². The van der Waals surface area contributed by atoms with Crippen LogP contribution in [0.15, 0.2) is 0 Å². The molecule has 0 aliphatic rings. The molecule has 0 aliphatic carbocycles. The van der Waals surface area contributed by atoms with Crippen molar-refractivity contribution >= 4 is 5.97 Å². The van der Waals surface area contributed by atoms with Crippen molar-refractivity contribution in [3.05, 3.63) is 0 Å². The SMILES string of the molecule is CCCCCCCCCCCCCN(CCCCCCCCCCCCC)CC(=O)[O-].[K+]. The molecular formula is C28H56KNO2. The minimum Gasteiger partial charge on any atom is -0.549 e. The first-order valence-corrected chi connectivity index (χ1v) is 14.1. The average molecular weight is 478 g/mol. The van der Waals surface area contributed by atoms with E-state index < -0.39 is 5.97 Å². The van der Waals surface area contributed by atoms with Gasteiger partial charge >= 0.3 is 51.4 Å². The molecule has 0 saturated heterocycles. The van der Waals surface area contributed by atoms with Gasteiger partial charge in [0.2, 0.25) is 0 Å². The molecule has 186 valence electrons. The summed E-state index contributed by atoms with van der Waals surface area (Å²) in [5.41, 5.74) is 0. The average Bonchev–Trinajstić information content (AvgIpc) is 2.75. The van der Waals surface area contributed by atoms with Crippen molar-refractivity contribution in [2.24, 2.45) is 0 Å². The number of unbranched alkanes of at least 4 members (excludes halogenated alkanes) is 20. The van der Waals surface area contributed by atoms with E-state index in [-0.39, 0.29) is 57.9 Å². The zero-order chi connectivity index (χ0) is 22.8. The first-order valence-electron chi connectivity index (χ1n) is 14.1. The van der Waals surface area contributed by atoms with E-state index in [2.05, 4.69) is 18.7 Å². The number of carbonyl (C=O) groups is 1. The van der Waals surface area contributed by atoms with Gasteiger partial charge in [-0.05, 0) is 25.9 Å². The number of carboxylic acid groups (broad SMARTS) is 1. The molecule has 0 aromatic heterocycles. The molecule has 0 saturated carbocycles. The van der Waals surface area contributed by atoms with Gasteiger partial charge in [0.25, 0.3) is 0 Å². The van der Waals surface area contributed by atoms with E-state index in [1.54, 1.807) is 0 Å². The standard InChI is InChI=1S/C28H57NO2.K/c1-3-5-7-9-11-13-15-17-19-21-23-25-29(27-28(30)31)26-24-22-20-18-16-14-12-10-8-6-4-2;/h3-27H2,1-2H3,(H,30,31);/q;+1/p-1. The van der Waals surface area contributed by atoms with Crippen molar-refractivity contribution < 1.29 is 61.3 Å². The number of nitrogens with zero attached hydrogens (tertiary/aromatic N) is 1. The van der Waals surface area contributed by atoms with Gasteiger partial charge in [-0.1, -0.05) is 142 Å². The van der Waals surface area contributed by atoms with Gasteiger partial charge in [0.15, 0.2) is 0 Å². The maximum atomic E-state index is 11.1. The molecule has 4 heteroatoms. The van der Waals surface area contributed by atoms with Crippen LogP contribution in [0.4, 0.5) is 0 Å². The van der Waals surface area contributed by atoms with Crippen molar-refractivity contribution in [1.82, 2.24) is 4.90 Å². The van der Waals surface area contributed by atoms with Gasteiger partial charge in [-0.15, -0.1) is 0 Å².